The number of carbonyl (C=O) groups is 2. The Morgan fingerprint density at radius 3 is 2.89 bits per heavy atom. The lowest BCUT2D eigenvalue weighted by Crippen LogP contribution is -2.32. The zero-order valence-electron chi connectivity index (χ0n) is 10.7. The molecule has 1 heterocycles. The molecule has 0 radical (unpaired) electrons. The maximum Gasteiger partial charge on any atom is 0.248 e. The molecule has 6 nitrogen and oxygen atoms in total. The summed E-state index contributed by atoms with van der Waals surface area (Å²) in [6.45, 7) is 2.52. The first-order valence-corrected chi connectivity index (χ1v) is 6.23. The summed E-state index contributed by atoms with van der Waals surface area (Å²) in [5.41, 5.74) is 12.9. The summed E-state index contributed by atoms with van der Waals surface area (Å²) in [5.74, 6) is -0.461. The van der Waals surface area contributed by atoms with E-state index >= 15 is 0 Å². The van der Waals surface area contributed by atoms with Crippen LogP contribution in [0, 0.1) is 0 Å². The molecule has 6 heteroatoms. The lowest BCUT2D eigenvalue weighted by molar-refractivity contribution is -0.121. The molecule has 2 amide bonds. The van der Waals surface area contributed by atoms with Crippen LogP contribution in [0.25, 0.3) is 0 Å². The van der Waals surface area contributed by atoms with E-state index in [1.54, 1.807) is 18.2 Å². The first-order valence-electron chi connectivity index (χ1n) is 6.23. The third-order valence-electron chi connectivity index (χ3n) is 3.16. The third-order valence-corrected chi connectivity index (χ3v) is 3.16. The van der Waals surface area contributed by atoms with Gasteiger partial charge in [-0.1, -0.05) is 6.07 Å². The predicted octanol–water partition coefficient (Wildman–Crippen LogP) is -0.310. The maximum atomic E-state index is 11.5. The van der Waals surface area contributed by atoms with Gasteiger partial charge in [-0.05, 0) is 24.1 Å². The van der Waals surface area contributed by atoms with Gasteiger partial charge < -0.3 is 16.8 Å². The summed E-state index contributed by atoms with van der Waals surface area (Å²) >= 11 is 0. The van der Waals surface area contributed by atoms with Crippen molar-refractivity contribution >= 4 is 17.5 Å². The highest BCUT2D eigenvalue weighted by molar-refractivity contribution is 5.93. The Kier molecular flexibility index (Phi) is 4.01. The van der Waals surface area contributed by atoms with Crippen LogP contribution in [-0.4, -0.2) is 36.3 Å². The number of rotatable bonds is 3. The molecule has 1 aromatic carbocycles. The molecule has 5 N–H and O–H groups in total. The smallest absolute Gasteiger partial charge is 0.248 e. The van der Waals surface area contributed by atoms with Crippen molar-refractivity contribution in [3.05, 3.63) is 29.3 Å². The monoisotopic (exact) mass is 262 g/mol. The Morgan fingerprint density at radius 1 is 1.42 bits per heavy atom. The second-order valence-electron chi connectivity index (χ2n) is 4.69. The van der Waals surface area contributed by atoms with Gasteiger partial charge in [-0.2, -0.15) is 0 Å². The zero-order chi connectivity index (χ0) is 13.8. The molecule has 0 saturated carbocycles. The van der Waals surface area contributed by atoms with Crippen LogP contribution in [0.15, 0.2) is 18.2 Å². The van der Waals surface area contributed by atoms with Crippen LogP contribution in [0.1, 0.15) is 22.3 Å². The van der Waals surface area contributed by atoms with Gasteiger partial charge in [-0.3, -0.25) is 14.5 Å². The maximum absolute atomic E-state index is 11.5. The van der Waals surface area contributed by atoms with Gasteiger partial charge in [-0.15, -0.1) is 0 Å². The molecule has 102 valence electrons. The number of nitrogens with two attached hydrogens (primary N) is 2. The van der Waals surface area contributed by atoms with Crippen LogP contribution < -0.4 is 16.8 Å². The molecule has 0 aromatic heterocycles. The number of primary amides is 1. The fourth-order valence-electron chi connectivity index (χ4n) is 2.14. The van der Waals surface area contributed by atoms with Crippen molar-refractivity contribution in [3.63, 3.8) is 0 Å². The number of benzene rings is 1. The van der Waals surface area contributed by atoms with Crippen molar-refractivity contribution in [1.29, 1.82) is 0 Å². The van der Waals surface area contributed by atoms with Crippen molar-refractivity contribution in [1.82, 2.24) is 10.2 Å². The average Bonchev–Trinajstić information content (AvgIpc) is 2.56. The van der Waals surface area contributed by atoms with Crippen molar-refractivity contribution < 1.29 is 9.59 Å². The molecule has 0 spiro atoms. The minimum Gasteiger partial charge on any atom is -0.398 e. The van der Waals surface area contributed by atoms with Crippen LogP contribution in [-0.2, 0) is 11.3 Å². The molecule has 0 unspecified atom stereocenters. The quantitative estimate of drug-likeness (QED) is 0.650. The van der Waals surface area contributed by atoms with E-state index in [-0.39, 0.29) is 5.91 Å². The van der Waals surface area contributed by atoms with E-state index in [0.29, 0.717) is 30.9 Å². The van der Waals surface area contributed by atoms with Gasteiger partial charge in [0.1, 0.15) is 0 Å². The molecule has 1 aliphatic rings. The first kappa shape index (κ1) is 13.4. The molecular weight excluding hydrogens is 244 g/mol. The zero-order valence-corrected chi connectivity index (χ0v) is 10.7. The largest absolute Gasteiger partial charge is 0.398 e. The van der Waals surface area contributed by atoms with Gasteiger partial charge in [0, 0.05) is 30.9 Å². The summed E-state index contributed by atoms with van der Waals surface area (Å²) < 4.78 is 0. The van der Waals surface area contributed by atoms with E-state index in [4.69, 9.17) is 11.5 Å². The number of nitrogens with zero attached hydrogens (tertiary/aromatic N) is 1. The van der Waals surface area contributed by atoms with Crippen LogP contribution in [0.5, 0.6) is 0 Å². The number of anilines is 1. The SMILES string of the molecule is NC(=O)c1ccc(CN2CCCNC(=O)C2)c(N)c1. The summed E-state index contributed by atoms with van der Waals surface area (Å²) in [5, 5.41) is 2.83. The van der Waals surface area contributed by atoms with Crippen molar-refractivity contribution in [3.8, 4) is 0 Å². The van der Waals surface area contributed by atoms with Crippen LogP contribution in [0.2, 0.25) is 0 Å². The average molecular weight is 262 g/mol. The van der Waals surface area contributed by atoms with Crippen molar-refractivity contribution in [2.45, 2.75) is 13.0 Å². The fourth-order valence-corrected chi connectivity index (χ4v) is 2.14. The molecule has 1 saturated heterocycles. The Hall–Kier alpha value is -2.08. The minimum atomic E-state index is -0.493. The van der Waals surface area contributed by atoms with Crippen LogP contribution >= 0.6 is 0 Å². The highest BCUT2D eigenvalue weighted by Crippen LogP contribution is 2.17. The van der Waals surface area contributed by atoms with Crippen molar-refractivity contribution in [2.24, 2.45) is 5.73 Å². The minimum absolute atomic E-state index is 0.0322. The number of amides is 2. The second-order valence-corrected chi connectivity index (χ2v) is 4.69. The molecule has 19 heavy (non-hydrogen) atoms. The van der Waals surface area contributed by atoms with E-state index in [9.17, 15) is 9.59 Å². The number of carbonyl (C=O) groups excluding carboxylic acids is 2. The number of nitrogens with one attached hydrogen (secondary N) is 1. The van der Waals surface area contributed by atoms with Crippen LogP contribution in [0.4, 0.5) is 5.69 Å². The first-order chi connectivity index (χ1) is 9.06. The Bertz CT molecular complexity index is 501. The highest BCUT2D eigenvalue weighted by Gasteiger charge is 2.16. The Morgan fingerprint density at radius 2 is 2.21 bits per heavy atom. The number of nitrogen functional groups attached to an aromatic ring is 1. The molecule has 1 aliphatic heterocycles. The van der Waals surface area contributed by atoms with Crippen LogP contribution in [0.3, 0.4) is 0 Å². The fraction of sp³-hybridized carbons (Fsp3) is 0.385. The summed E-state index contributed by atoms with van der Waals surface area (Å²) in [4.78, 5) is 24.6. The highest BCUT2D eigenvalue weighted by atomic mass is 16.2. The Balaban J connectivity index is 2.10. The van der Waals surface area contributed by atoms with E-state index in [0.717, 1.165) is 18.5 Å². The van der Waals surface area contributed by atoms with Gasteiger partial charge in [-0.25, -0.2) is 0 Å². The van der Waals surface area contributed by atoms with Gasteiger partial charge in [0.05, 0.1) is 6.54 Å². The van der Waals surface area contributed by atoms with Gasteiger partial charge in [0.25, 0.3) is 0 Å². The molecule has 1 aromatic rings. The summed E-state index contributed by atoms with van der Waals surface area (Å²) in [6.07, 6.45) is 0.922. The van der Waals surface area contributed by atoms with Gasteiger partial charge >= 0.3 is 0 Å². The third kappa shape index (κ3) is 3.45. The lowest BCUT2D eigenvalue weighted by Gasteiger charge is -2.19. The standard InChI is InChI=1S/C13H18N4O2/c14-11-6-9(13(15)19)2-3-10(11)7-17-5-1-4-16-12(18)8-17/h2-3,6H,1,4-5,7-8,14H2,(H2,15,19)(H,16,18). The van der Waals surface area contributed by atoms with Gasteiger partial charge in [0.2, 0.25) is 11.8 Å². The Labute approximate surface area is 111 Å². The normalized spacial score (nSPS) is 16.7. The predicted molar refractivity (Wildman–Crippen MR) is 72.3 cm³/mol. The molecule has 2 rings (SSSR count). The molecule has 1 fully saturated rings. The molecule has 0 aliphatic carbocycles. The molecular formula is C13H18N4O2. The second kappa shape index (κ2) is 5.71. The number of hydrogen-bond acceptors (Lipinski definition) is 4. The lowest BCUT2D eigenvalue weighted by atomic mass is 10.1. The number of hydrogen-bond donors (Lipinski definition) is 3. The summed E-state index contributed by atoms with van der Waals surface area (Å²) in [6, 6.07) is 5.03. The molecule has 0 atom stereocenters. The summed E-state index contributed by atoms with van der Waals surface area (Å²) in [7, 11) is 0. The van der Waals surface area contributed by atoms with E-state index in [1.165, 1.54) is 0 Å². The molecule has 0 bridgehead atoms. The van der Waals surface area contributed by atoms with Crippen molar-refractivity contribution in [2.75, 3.05) is 25.4 Å². The van der Waals surface area contributed by atoms with E-state index in [2.05, 4.69) is 5.32 Å². The van der Waals surface area contributed by atoms with Gasteiger partial charge in [0.15, 0.2) is 0 Å². The topological polar surface area (TPSA) is 101 Å². The van der Waals surface area contributed by atoms with E-state index < -0.39 is 5.91 Å². The van der Waals surface area contributed by atoms with E-state index in [1.807, 2.05) is 4.90 Å².